The van der Waals surface area contributed by atoms with Crippen molar-refractivity contribution in [2.24, 2.45) is 5.92 Å². The van der Waals surface area contributed by atoms with Crippen LogP contribution in [-0.2, 0) is 16.0 Å². The van der Waals surface area contributed by atoms with Gasteiger partial charge in [-0.15, -0.1) is 0 Å². The van der Waals surface area contributed by atoms with Gasteiger partial charge in [0.25, 0.3) is 0 Å². The van der Waals surface area contributed by atoms with Gasteiger partial charge in [0.2, 0.25) is 0 Å². The van der Waals surface area contributed by atoms with Gasteiger partial charge in [-0.1, -0.05) is 24.3 Å². The van der Waals surface area contributed by atoms with Gasteiger partial charge in [0.15, 0.2) is 5.78 Å². The van der Waals surface area contributed by atoms with E-state index in [1.807, 2.05) is 24.3 Å². The zero-order chi connectivity index (χ0) is 12.3. The van der Waals surface area contributed by atoms with Crippen molar-refractivity contribution in [3.8, 4) is 0 Å². The molecule has 3 nitrogen and oxygen atoms in total. The Balaban J connectivity index is 2.14. The third kappa shape index (κ3) is 2.44. The second-order valence-electron chi connectivity index (χ2n) is 4.32. The molecule has 0 radical (unpaired) electrons. The van der Waals surface area contributed by atoms with Gasteiger partial charge in [-0.25, -0.2) is 0 Å². The molecule has 1 aromatic carbocycles. The SMILES string of the molecule is COCCC(=O)C1CCc2ccccc2C1=O. The van der Waals surface area contributed by atoms with Crippen LogP contribution in [0.5, 0.6) is 0 Å². The summed E-state index contributed by atoms with van der Waals surface area (Å²) in [5.41, 5.74) is 1.78. The predicted molar refractivity (Wildman–Crippen MR) is 64.1 cm³/mol. The Hall–Kier alpha value is -1.48. The number of carbonyl (C=O) groups is 2. The molecule has 0 amide bonds. The van der Waals surface area contributed by atoms with Crippen molar-refractivity contribution in [3.63, 3.8) is 0 Å². The highest BCUT2D eigenvalue weighted by Crippen LogP contribution is 2.26. The Morgan fingerprint density at radius 1 is 1.41 bits per heavy atom. The summed E-state index contributed by atoms with van der Waals surface area (Å²) in [4.78, 5) is 24.0. The van der Waals surface area contributed by atoms with Gasteiger partial charge in [-0.3, -0.25) is 9.59 Å². The number of rotatable bonds is 4. The standard InChI is InChI=1S/C14H16O3/c1-17-9-8-13(15)12-7-6-10-4-2-3-5-11(10)14(12)16/h2-5,12H,6-9H2,1H3. The lowest BCUT2D eigenvalue weighted by molar-refractivity contribution is -0.122. The molecule has 0 fully saturated rings. The Kier molecular flexibility index (Phi) is 3.69. The largest absolute Gasteiger partial charge is 0.384 e. The fourth-order valence-corrected chi connectivity index (χ4v) is 2.28. The molecule has 1 atom stereocenters. The molecule has 90 valence electrons. The zero-order valence-electron chi connectivity index (χ0n) is 9.94. The number of benzene rings is 1. The third-order valence-corrected chi connectivity index (χ3v) is 3.24. The first kappa shape index (κ1) is 12.0. The number of hydrogen-bond donors (Lipinski definition) is 0. The number of ketones is 2. The second kappa shape index (κ2) is 5.23. The first-order valence-corrected chi connectivity index (χ1v) is 5.88. The fourth-order valence-electron chi connectivity index (χ4n) is 2.28. The summed E-state index contributed by atoms with van der Waals surface area (Å²) in [6, 6.07) is 7.55. The third-order valence-electron chi connectivity index (χ3n) is 3.24. The molecule has 17 heavy (non-hydrogen) atoms. The fraction of sp³-hybridized carbons (Fsp3) is 0.429. The van der Waals surface area contributed by atoms with E-state index in [2.05, 4.69) is 0 Å². The van der Waals surface area contributed by atoms with Crippen LogP contribution in [0, 0.1) is 5.92 Å². The highest BCUT2D eigenvalue weighted by atomic mass is 16.5. The van der Waals surface area contributed by atoms with Crippen molar-refractivity contribution in [3.05, 3.63) is 35.4 Å². The molecule has 1 unspecified atom stereocenters. The molecule has 0 aromatic heterocycles. The van der Waals surface area contributed by atoms with Crippen molar-refractivity contribution in [1.29, 1.82) is 0 Å². The van der Waals surface area contributed by atoms with Crippen LogP contribution >= 0.6 is 0 Å². The normalized spacial score (nSPS) is 18.9. The number of aryl methyl sites for hydroxylation is 1. The molecule has 1 aromatic rings. The Bertz CT molecular complexity index is 437. The Morgan fingerprint density at radius 3 is 2.94 bits per heavy atom. The quantitative estimate of drug-likeness (QED) is 0.746. The summed E-state index contributed by atoms with van der Waals surface area (Å²) >= 11 is 0. The predicted octanol–water partition coefficient (Wildman–Crippen LogP) is 2.04. The van der Waals surface area contributed by atoms with Crippen LogP contribution in [0.4, 0.5) is 0 Å². The maximum atomic E-state index is 12.2. The van der Waals surface area contributed by atoms with E-state index in [-0.39, 0.29) is 11.6 Å². The van der Waals surface area contributed by atoms with E-state index in [1.54, 1.807) is 7.11 Å². The van der Waals surface area contributed by atoms with Crippen LogP contribution in [0.25, 0.3) is 0 Å². The van der Waals surface area contributed by atoms with Crippen LogP contribution in [0.15, 0.2) is 24.3 Å². The molecule has 0 saturated carbocycles. The van der Waals surface area contributed by atoms with Crippen LogP contribution in [0.3, 0.4) is 0 Å². The van der Waals surface area contributed by atoms with Crippen molar-refractivity contribution in [2.75, 3.05) is 13.7 Å². The van der Waals surface area contributed by atoms with Crippen LogP contribution < -0.4 is 0 Å². The lowest BCUT2D eigenvalue weighted by Crippen LogP contribution is -2.30. The van der Waals surface area contributed by atoms with Crippen molar-refractivity contribution in [1.82, 2.24) is 0 Å². The zero-order valence-corrected chi connectivity index (χ0v) is 9.94. The topological polar surface area (TPSA) is 43.4 Å². The highest BCUT2D eigenvalue weighted by Gasteiger charge is 2.31. The maximum absolute atomic E-state index is 12.2. The molecule has 0 saturated heterocycles. The molecule has 0 heterocycles. The maximum Gasteiger partial charge on any atom is 0.173 e. The smallest absolute Gasteiger partial charge is 0.173 e. The molecular weight excluding hydrogens is 216 g/mol. The lowest BCUT2D eigenvalue weighted by Gasteiger charge is -2.22. The summed E-state index contributed by atoms with van der Waals surface area (Å²) < 4.78 is 4.88. The van der Waals surface area contributed by atoms with Gasteiger partial charge in [-0.2, -0.15) is 0 Å². The Morgan fingerprint density at radius 2 is 2.18 bits per heavy atom. The summed E-state index contributed by atoms with van der Waals surface area (Å²) in [7, 11) is 1.56. The second-order valence-corrected chi connectivity index (χ2v) is 4.32. The van der Waals surface area contributed by atoms with Gasteiger partial charge in [-0.05, 0) is 18.4 Å². The van der Waals surface area contributed by atoms with Crippen molar-refractivity contribution in [2.45, 2.75) is 19.3 Å². The molecule has 0 aliphatic heterocycles. The van der Waals surface area contributed by atoms with E-state index in [0.717, 1.165) is 17.5 Å². The number of methoxy groups -OCH3 is 1. The average Bonchev–Trinajstić information content (AvgIpc) is 2.37. The van der Waals surface area contributed by atoms with E-state index in [0.29, 0.717) is 19.4 Å². The molecule has 1 aliphatic carbocycles. The van der Waals surface area contributed by atoms with E-state index in [9.17, 15) is 9.59 Å². The minimum absolute atomic E-state index is 0.00588. The number of carbonyl (C=O) groups excluding carboxylic acids is 2. The number of ether oxygens (including phenoxy) is 1. The number of Topliss-reactive ketones (excluding diaryl/α,β-unsaturated/α-hetero) is 2. The van der Waals surface area contributed by atoms with E-state index in [1.165, 1.54) is 0 Å². The molecule has 0 N–H and O–H groups in total. The van der Waals surface area contributed by atoms with Crippen LogP contribution in [-0.4, -0.2) is 25.3 Å². The van der Waals surface area contributed by atoms with Gasteiger partial charge in [0.1, 0.15) is 5.78 Å². The van der Waals surface area contributed by atoms with E-state index in [4.69, 9.17) is 4.74 Å². The first-order valence-electron chi connectivity index (χ1n) is 5.88. The van der Waals surface area contributed by atoms with Gasteiger partial charge >= 0.3 is 0 Å². The minimum atomic E-state index is -0.458. The van der Waals surface area contributed by atoms with Gasteiger partial charge < -0.3 is 4.74 Å². The summed E-state index contributed by atoms with van der Waals surface area (Å²) in [5.74, 6) is -0.473. The monoisotopic (exact) mass is 232 g/mol. The van der Waals surface area contributed by atoms with Crippen LogP contribution in [0.2, 0.25) is 0 Å². The molecule has 1 aliphatic rings. The highest BCUT2D eigenvalue weighted by molar-refractivity contribution is 6.12. The number of fused-ring (bicyclic) bond motifs is 1. The van der Waals surface area contributed by atoms with Crippen molar-refractivity contribution >= 4 is 11.6 Å². The van der Waals surface area contributed by atoms with Gasteiger partial charge in [0.05, 0.1) is 12.5 Å². The Labute approximate surface area is 101 Å². The molecular formula is C14H16O3. The van der Waals surface area contributed by atoms with Gasteiger partial charge in [0, 0.05) is 19.1 Å². The molecule has 2 rings (SSSR count). The average molecular weight is 232 g/mol. The minimum Gasteiger partial charge on any atom is -0.384 e. The summed E-state index contributed by atoms with van der Waals surface area (Å²) in [5, 5.41) is 0. The number of hydrogen-bond acceptors (Lipinski definition) is 3. The first-order chi connectivity index (χ1) is 8.24. The summed E-state index contributed by atoms with van der Waals surface area (Å²) in [6.07, 6.45) is 1.78. The molecule has 3 heteroatoms. The van der Waals surface area contributed by atoms with E-state index < -0.39 is 5.92 Å². The summed E-state index contributed by atoms with van der Waals surface area (Å²) in [6.45, 7) is 0.393. The lowest BCUT2D eigenvalue weighted by atomic mass is 9.80. The van der Waals surface area contributed by atoms with Crippen LogP contribution in [0.1, 0.15) is 28.8 Å². The molecule has 0 spiro atoms. The molecule has 0 bridgehead atoms. The van der Waals surface area contributed by atoms with Crippen molar-refractivity contribution < 1.29 is 14.3 Å². The van der Waals surface area contributed by atoms with E-state index >= 15 is 0 Å².